The summed E-state index contributed by atoms with van der Waals surface area (Å²) in [6.45, 7) is 6.16. The molecule has 0 amide bonds. The lowest BCUT2D eigenvalue weighted by Crippen LogP contribution is -2.35. The maximum atomic E-state index is 12.0. The van der Waals surface area contributed by atoms with Crippen molar-refractivity contribution in [1.29, 1.82) is 0 Å². The fourth-order valence-corrected chi connectivity index (χ4v) is 2.38. The zero-order valence-electron chi connectivity index (χ0n) is 11.3. The summed E-state index contributed by atoms with van der Waals surface area (Å²) in [6, 6.07) is 0. The zero-order valence-corrected chi connectivity index (χ0v) is 11.3. The van der Waals surface area contributed by atoms with Crippen molar-refractivity contribution >= 4 is 11.9 Å². The van der Waals surface area contributed by atoms with Crippen molar-refractivity contribution in [2.45, 2.75) is 33.6 Å². The van der Waals surface area contributed by atoms with E-state index in [1.54, 1.807) is 13.8 Å². The molecule has 0 aromatic heterocycles. The Bertz CT molecular complexity index is 322. The number of rotatable bonds is 4. The van der Waals surface area contributed by atoms with Crippen molar-refractivity contribution in [3.05, 3.63) is 12.2 Å². The molecule has 0 spiro atoms. The van der Waals surface area contributed by atoms with Gasteiger partial charge in [0.15, 0.2) is 0 Å². The van der Waals surface area contributed by atoms with Gasteiger partial charge < -0.3 is 9.47 Å². The van der Waals surface area contributed by atoms with Crippen molar-refractivity contribution < 1.29 is 19.1 Å². The molecule has 4 heteroatoms. The van der Waals surface area contributed by atoms with E-state index in [-0.39, 0.29) is 17.9 Å². The van der Waals surface area contributed by atoms with Gasteiger partial charge in [0.05, 0.1) is 25.0 Å². The van der Waals surface area contributed by atoms with Crippen molar-refractivity contribution in [1.82, 2.24) is 0 Å². The van der Waals surface area contributed by atoms with Crippen molar-refractivity contribution in [2.24, 2.45) is 17.8 Å². The number of hydrogen-bond acceptors (Lipinski definition) is 4. The molecule has 0 aromatic rings. The Balaban J connectivity index is 2.88. The zero-order chi connectivity index (χ0) is 13.5. The normalized spacial score (nSPS) is 27.4. The SMILES string of the molecule is CCOC(=O)C1CCC=CC(C)C1C(=O)OCC. The fraction of sp³-hybridized carbons (Fsp3) is 0.714. The Labute approximate surface area is 108 Å². The molecule has 3 unspecified atom stereocenters. The lowest BCUT2D eigenvalue weighted by atomic mass is 9.82. The topological polar surface area (TPSA) is 52.6 Å². The van der Waals surface area contributed by atoms with Crippen LogP contribution < -0.4 is 0 Å². The van der Waals surface area contributed by atoms with Gasteiger partial charge in [0, 0.05) is 0 Å². The number of ether oxygens (including phenoxy) is 2. The van der Waals surface area contributed by atoms with Gasteiger partial charge in [-0.15, -0.1) is 0 Å². The monoisotopic (exact) mass is 254 g/mol. The molecular weight excluding hydrogens is 232 g/mol. The second-order valence-electron chi connectivity index (χ2n) is 4.50. The van der Waals surface area contributed by atoms with Gasteiger partial charge in [-0.1, -0.05) is 19.1 Å². The highest BCUT2D eigenvalue weighted by Gasteiger charge is 2.39. The molecule has 0 N–H and O–H groups in total. The third-order valence-electron chi connectivity index (χ3n) is 3.23. The van der Waals surface area contributed by atoms with Crippen LogP contribution in [0, 0.1) is 17.8 Å². The number of carbonyl (C=O) groups is 2. The van der Waals surface area contributed by atoms with Crippen LogP contribution in [0.4, 0.5) is 0 Å². The summed E-state index contributed by atoms with van der Waals surface area (Å²) in [5.74, 6) is -1.40. The molecule has 4 nitrogen and oxygen atoms in total. The van der Waals surface area contributed by atoms with Gasteiger partial charge in [-0.3, -0.25) is 9.59 Å². The fourth-order valence-electron chi connectivity index (χ4n) is 2.38. The lowest BCUT2D eigenvalue weighted by Gasteiger charge is -2.25. The summed E-state index contributed by atoms with van der Waals surface area (Å²) in [7, 11) is 0. The largest absolute Gasteiger partial charge is 0.466 e. The number of allylic oxidation sites excluding steroid dienone is 2. The van der Waals surface area contributed by atoms with Crippen molar-refractivity contribution in [3.8, 4) is 0 Å². The quantitative estimate of drug-likeness (QED) is 0.570. The molecule has 3 atom stereocenters. The van der Waals surface area contributed by atoms with E-state index in [0.29, 0.717) is 19.6 Å². The van der Waals surface area contributed by atoms with Gasteiger partial charge >= 0.3 is 11.9 Å². The predicted octanol–water partition coefficient (Wildman–Crippen LogP) is 2.33. The summed E-state index contributed by atoms with van der Waals surface area (Å²) in [5, 5.41) is 0. The molecule has 102 valence electrons. The molecule has 0 saturated heterocycles. The summed E-state index contributed by atoms with van der Waals surface area (Å²) in [5.41, 5.74) is 0. The van der Waals surface area contributed by atoms with E-state index in [4.69, 9.17) is 9.47 Å². The Kier molecular flexibility index (Phi) is 5.89. The first-order chi connectivity index (χ1) is 8.61. The minimum Gasteiger partial charge on any atom is -0.466 e. The van der Waals surface area contributed by atoms with Crippen LogP contribution in [0.2, 0.25) is 0 Å². The molecule has 1 aliphatic rings. The molecule has 0 aliphatic heterocycles. The molecule has 0 fully saturated rings. The smallest absolute Gasteiger partial charge is 0.310 e. The first kappa shape index (κ1) is 14.7. The maximum absolute atomic E-state index is 12.0. The van der Waals surface area contributed by atoms with E-state index < -0.39 is 11.8 Å². The summed E-state index contributed by atoms with van der Waals surface area (Å²) in [4.78, 5) is 24.0. The van der Waals surface area contributed by atoms with E-state index in [0.717, 1.165) is 6.42 Å². The number of hydrogen-bond donors (Lipinski definition) is 0. The van der Waals surface area contributed by atoms with Gasteiger partial charge in [0.1, 0.15) is 0 Å². The molecule has 0 aromatic carbocycles. The molecule has 1 aliphatic carbocycles. The van der Waals surface area contributed by atoms with Crippen LogP contribution in [0.25, 0.3) is 0 Å². The Morgan fingerprint density at radius 3 is 2.39 bits per heavy atom. The van der Waals surface area contributed by atoms with E-state index in [1.807, 2.05) is 19.1 Å². The van der Waals surface area contributed by atoms with E-state index >= 15 is 0 Å². The molecule has 18 heavy (non-hydrogen) atoms. The molecule has 0 saturated carbocycles. The van der Waals surface area contributed by atoms with Gasteiger partial charge in [0.2, 0.25) is 0 Å². The van der Waals surface area contributed by atoms with Crippen LogP contribution in [0.3, 0.4) is 0 Å². The van der Waals surface area contributed by atoms with Crippen LogP contribution in [-0.2, 0) is 19.1 Å². The Morgan fingerprint density at radius 2 is 1.78 bits per heavy atom. The van der Waals surface area contributed by atoms with Crippen LogP contribution >= 0.6 is 0 Å². The molecule has 0 heterocycles. The second-order valence-corrected chi connectivity index (χ2v) is 4.50. The van der Waals surface area contributed by atoms with Crippen LogP contribution in [0.5, 0.6) is 0 Å². The Morgan fingerprint density at radius 1 is 1.17 bits per heavy atom. The van der Waals surface area contributed by atoms with E-state index in [1.165, 1.54) is 0 Å². The first-order valence-corrected chi connectivity index (χ1v) is 6.61. The standard InChI is InChI=1S/C14H22O4/c1-4-17-13(15)11-9-7-6-8-10(3)12(11)14(16)18-5-2/h6,8,10-12H,4-5,7,9H2,1-3H3. The highest BCUT2D eigenvalue weighted by atomic mass is 16.5. The van der Waals surface area contributed by atoms with Crippen LogP contribution in [0.15, 0.2) is 12.2 Å². The molecular formula is C14H22O4. The highest BCUT2D eigenvalue weighted by molar-refractivity contribution is 5.82. The summed E-state index contributed by atoms with van der Waals surface area (Å²) >= 11 is 0. The summed E-state index contributed by atoms with van der Waals surface area (Å²) < 4.78 is 10.2. The van der Waals surface area contributed by atoms with Crippen LogP contribution in [0.1, 0.15) is 33.6 Å². The third-order valence-corrected chi connectivity index (χ3v) is 3.23. The van der Waals surface area contributed by atoms with Crippen molar-refractivity contribution in [2.75, 3.05) is 13.2 Å². The average Bonchev–Trinajstić information content (AvgIpc) is 2.51. The molecule has 0 radical (unpaired) electrons. The molecule has 0 bridgehead atoms. The van der Waals surface area contributed by atoms with E-state index in [2.05, 4.69) is 0 Å². The minimum absolute atomic E-state index is 0.000885. The predicted molar refractivity (Wildman–Crippen MR) is 67.8 cm³/mol. The summed E-state index contributed by atoms with van der Waals surface area (Å²) in [6.07, 6.45) is 5.45. The van der Waals surface area contributed by atoms with Crippen molar-refractivity contribution in [3.63, 3.8) is 0 Å². The second kappa shape index (κ2) is 7.19. The first-order valence-electron chi connectivity index (χ1n) is 6.61. The average molecular weight is 254 g/mol. The lowest BCUT2D eigenvalue weighted by molar-refractivity contribution is -0.162. The molecule has 1 rings (SSSR count). The van der Waals surface area contributed by atoms with Gasteiger partial charge in [-0.05, 0) is 32.6 Å². The minimum atomic E-state index is -0.428. The van der Waals surface area contributed by atoms with Gasteiger partial charge in [-0.2, -0.15) is 0 Å². The van der Waals surface area contributed by atoms with E-state index in [9.17, 15) is 9.59 Å². The maximum Gasteiger partial charge on any atom is 0.310 e. The van der Waals surface area contributed by atoms with Gasteiger partial charge in [-0.25, -0.2) is 0 Å². The number of carbonyl (C=O) groups excluding carboxylic acids is 2. The van der Waals surface area contributed by atoms with Gasteiger partial charge in [0.25, 0.3) is 0 Å². The highest BCUT2D eigenvalue weighted by Crippen LogP contribution is 2.31. The van der Waals surface area contributed by atoms with Crippen LogP contribution in [-0.4, -0.2) is 25.2 Å². The third kappa shape index (κ3) is 3.59. The number of esters is 2. The Hall–Kier alpha value is -1.32.